The molecule has 11 heteroatoms. The minimum atomic E-state index is -6.15. The van der Waals surface area contributed by atoms with Crippen LogP contribution in [0.2, 0.25) is 0 Å². The summed E-state index contributed by atoms with van der Waals surface area (Å²) in [5.41, 5.74) is 0. The van der Waals surface area contributed by atoms with Gasteiger partial charge in [0.2, 0.25) is 0 Å². The lowest BCUT2D eigenvalue weighted by atomic mass is 10.4. The molecule has 0 N–H and O–H groups in total. The van der Waals surface area contributed by atoms with Crippen LogP contribution in [0.25, 0.3) is 0 Å². The molecular formula is C3H2F4O5S2. The van der Waals surface area contributed by atoms with Crippen LogP contribution in [0, 0.1) is 0 Å². The van der Waals surface area contributed by atoms with Crippen LogP contribution in [0.3, 0.4) is 0 Å². The van der Waals surface area contributed by atoms with E-state index in [2.05, 4.69) is 3.63 Å². The van der Waals surface area contributed by atoms with E-state index in [0.29, 0.717) is 0 Å². The molecule has 0 aromatic carbocycles. The fourth-order valence-electron chi connectivity index (χ4n) is 0.692. The predicted molar refractivity (Wildman–Crippen MR) is 33.7 cm³/mol. The maximum atomic E-state index is 12.4. The van der Waals surface area contributed by atoms with Crippen molar-refractivity contribution in [2.45, 2.75) is 11.2 Å². The fraction of sp³-hybridized carbons (Fsp3) is 1.00. The van der Waals surface area contributed by atoms with Gasteiger partial charge in [-0.3, -0.25) is 0 Å². The van der Waals surface area contributed by atoms with Crippen molar-refractivity contribution in [3.63, 3.8) is 0 Å². The summed E-state index contributed by atoms with van der Waals surface area (Å²) in [4.78, 5) is 0. The van der Waals surface area contributed by atoms with Gasteiger partial charge in [-0.2, -0.15) is 34.4 Å². The zero-order valence-corrected chi connectivity index (χ0v) is 7.71. The Kier molecular flexibility index (Phi) is 2.15. The highest BCUT2D eigenvalue weighted by atomic mass is 32.3. The first-order valence-electron chi connectivity index (χ1n) is 2.85. The molecule has 0 bridgehead atoms. The summed E-state index contributed by atoms with van der Waals surface area (Å²) in [5, 5.41) is -5.54. The van der Waals surface area contributed by atoms with E-state index in [9.17, 15) is 34.4 Å². The highest BCUT2D eigenvalue weighted by Gasteiger charge is 2.72. The average Bonchev–Trinajstić information content (AvgIpc) is 1.77. The zero-order valence-electron chi connectivity index (χ0n) is 6.08. The van der Waals surface area contributed by atoms with Crippen molar-refractivity contribution in [3.8, 4) is 0 Å². The standard InChI is InChI=1S/C3H2F4O5S2/c4-2(5)1-13(8,9)12-14(10,11)3(2,6)7/h1H2. The van der Waals surface area contributed by atoms with Crippen LogP contribution in [-0.2, 0) is 23.9 Å². The first-order chi connectivity index (χ1) is 5.91. The molecule has 0 unspecified atom stereocenters. The van der Waals surface area contributed by atoms with Crippen LogP contribution < -0.4 is 0 Å². The van der Waals surface area contributed by atoms with Crippen molar-refractivity contribution < 1.29 is 38.0 Å². The summed E-state index contributed by atoms with van der Waals surface area (Å²) >= 11 is 0. The molecule has 0 spiro atoms. The minimum Gasteiger partial charge on any atom is -0.198 e. The van der Waals surface area contributed by atoms with Crippen LogP contribution in [0.4, 0.5) is 17.6 Å². The predicted octanol–water partition coefficient (Wildman–Crippen LogP) is -0.0957. The Morgan fingerprint density at radius 3 is 1.79 bits per heavy atom. The monoisotopic (exact) mass is 258 g/mol. The Hall–Kier alpha value is -0.420. The SMILES string of the molecule is O=S1(=O)CC(F)(F)C(F)(F)S(=O)(=O)O1. The van der Waals surface area contributed by atoms with Crippen molar-refractivity contribution in [2.75, 3.05) is 5.75 Å². The number of hydrogen-bond donors (Lipinski definition) is 0. The molecule has 0 aliphatic carbocycles. The molecule has 1 aliphatic heterocycles. The van der Waals surface area contributed by atoms with Gasteiger partial charge in [0.05, 0.1) is 0 Å². The summed E-state index contributed by atoms with van der Waals surface area (Å²) in [7, 11) is -11.3. The Bertz CT molecular complexity index is 447. The summed E-state index contributed by atoms with van der Waals surface area (Å²) in [5.74, 6) is -7.56. The normalized spacial score (nSPS) is 32.3. The first kappa shape index (κ1) is 11.7. The lowest BCUT2D eigenvalue weighted by Gasteiger charge is -2.28. The van der Waals surface area contributed by atoms with Crippen LogP contribution in [0.1, 0.15) is 0 Å². The van der Waals surface area contributed by atoms with E-state index in [0.717, 1.165) is 0 Å². The van der Waals surface area contributed by atoms with Gasteiger partial charge in [-0.15, -0.1) is 3.63 Å². The molecule has 0 radical (unpaired) electrons. The molecule has 1 rings (SSSR count). The Morgan fingerprint density at radius 1 is 1.00 bits per heavy atom. The van der Waals surface area contributed by atoms with E-state index in [4.69, 9.17) is 0 Å². The van der Waals surface area contributed by atoms with E-state index in [-0.39, 0.29) is 0 Å². The summed E-state index contributed by atoms with van der Waals surface area (Å²) in [6.45, 7) is 0. The second kappa shape index (κ2) is 2.58. The quantitative estimate of drug-likeness (QED) is 0.567. The van der Waals surface area contributed by atoms with Gasteiger partial charge in [0, 0.05) is 0 Å². The lowest BCUT2D eigenvalue weighted by molar-refractivity contribution is -0.148. The van der Waals surface area contributed by atoms with Crippen molar-refractivity contribution >= 4 is 20.2 Å². The molecule has 1 fully saturated rings. The molecule has 1 heterocycles. The Labute approximate surface area is 75.9 Å². The summed E-state index contributed by atoms with van der Waals surface area (Å²) < 4.78 is 93.8. The smallest absolute Gasteiger partial charge is 0.198 e. The maximum absolute atomic E-state index is 12.4. The van der Waals surface area contributed by atoms with E-state index >= 15 is 0 Å². The van der Waals surface area contributed by atoms with E-state index < -0.39 is 37.2 Å². The van der Waals surface area contributed by atoms with Gasteiger partial charge in [0.15, 0.2) is 0 Å². The number of halogens is 4. The van der Waals surface area contributed by atoms with Gasteiger partial charge in [-0.25, -0.2) is 0 Å². The number of hydrogen-bond acceptors (Lipinski definition) is 5. The van der Waals surface area contributed by atoms with Gasteiger partial charge in [-0.05, 0) is 0 Å². The second-order valence-electron chi connectivity index (χ2n) is 2.45. The topological polar surface area (TPSA) is 77.5 Å². The molecular weight excluding hydrogens is 256 g/mol. The highest BCUT2D eigenvalue weighted by molar-refractivity contribution is 8.01. The van der Waals surface area contributed by atoms with Crippen molar-refractivity contribution in [3.05, 3.63) is 0 Å². The maximum Gasteiger partial charge on any atom is 0.433 e. The van der Waals surface area contributed by atoms with Crippen LogP contribution in [0.15, 0.2) is 0 Å². The Balaban J connectivity index is 3.43. The Morgan fingerprint density at radius 2 is 1.43 bits per heavy atom. The molecule has 0 amide bonds. The second-order valence-corrected chi connectivity index (χ2v) is 5.81. The highest BCUT2D eigenvalue weighted by Crippen LogP contribution is 2.44. The van der Waals surface area contributed by atoms with Crippen molar-refractivity contribution in [1.82, 2.24) is 0 Å². The summed E-state index contributed by atoms with van der Waals surface area (Å²) in [6, 6.07) is 0. The van der Waals surface area contributed by atoms with Gasteiger partial charge >= 0.3 is 21.3 Å². The minimum absolute atomic E-state index is 2.37. The van der Waals surface area contributed by atoms with E-state index in [1.54, 1.807) is 0 Å². The van der Waals surface area contributed by atoms with Crippen LogP contribution in [0.5, 0.6) is 0 Å². The van der Waals surface area contributed by atoms with E-state index in [1.807, 2.05) is 0 Å². The third-order valence-electron chi connectivity index (χ3n) is 1.29. The molecule has 1 saturated heterocycles. The molecule has 5 nitrogen and oxygen atoms in total. The molecule has 1 aliphatic rings. The largest absolute Gasteiger partial charge is 0.433 e. The van der Waals surface area contributed by atoms with Gasteiger partial charge < -0.3 is 0 Å². The van der Waals surface area contributed by atoms with Crippen LogP contribution in [-0.4, -0.2) is 33.8 Å². The molecule has 0 aromatic rings. The third kappa shape index (κ3) is 1.48. The van der Waals surface area contributed by atoms with E-state index in [1.165, 1.54) is 0 Å². The first-order valence-corrected chi connectivity index (χ1v) is 5.84. The molecule has 0 saturated carbocycles. The average molecular weight is 258 g/mol. The molecule has 0 atom stereocenters. The lowest BCUT2D eigenvalue weighted by Crippen LogP contribution is -2.56. The van der Waals surface area contributed by atoms with Crippen molar-refractivity contribution in [1.29, 1.82) is 0 Å². The molecule has 84 valence electrons. The third-order valence-corrected chi connectivity index (χ3v) is 4.48. The van der Waals surface area contributed by atoms with Gasteiger partial charge in [0.1, 0.15) is 5.75 Å². The summed E-state index contributed by atoms with van der Waals surface area (Å²) in [6.07, 6.45) is 0. The van der Waals surface area contributed by atoms with Gasteiger partial charge in [0.25, 0.3) is 10.1 Å². The molecule has 14 heavy (non-hydrogen) atoms. The zero-order chi connectivity index (χ0) is 11.4. The molecule has 0 aromatic heterocycles. The van der Waals surface area contributed by atoms with Gasteiger partial charge in [-0.1, -0.05) is 0 Å². The fourth-order valence-corrected chi connectivity index (χ4v) is 3.47. The van der Waals surface area contributed by atoms with Crippen LogP contribution >= 0.6 is 0 Å². The number of rotatable bonds is 0. The van der Waals surface area contributed by atoms with Crippen molar-refractivity contribution in [2.24, 2.45) is 0 Å². The number of alkyl halides is 4.